The van der Waals surface area contributed by atoms with Crippen molar-refractivity contribution in [1.29, 1.82) is 0 Å². The largest absolute Gasteiger partial charge is 0.494 e. The predicted octanol–water partition coefficient (Wildman–Crippen LogP) is 19.0. The summed E-state index contributed by atoms with van der Waals surface area (Å²) in [6.45, 7) is 9.55. The van der Waals surface area contributed by atoms with E-state index < -0.39 is 94.4 Å². The highest BCUT2D eigenvalue weighted by molar-refractivity contribution is 9.11. The number of aromatic nitrogens is 15. The average molecular weight is 2300 g/mol. The first-order valence-corrected chi connectivity index (χ1v) is 48.7. The Kier molecular flexibility index (Phi) is 39.0. The number of carbonyl (C=O) groups excluding carboxylic acids is 4. The van der Waals surface area contributed by atoms with Crippen molar-refractivity contribution in [3.8, 4) is 39.2 Å². The van der Waals surface area contributed by atoms with Crippen LogP contribution in [0.2, 0.25) is 0 Å². The molecule has 1 saturated heterocycles. The molecule has 0 unspecified atom stereocenters. The van der Waals surface area contributed by atoms with Crippen LogP contribution in [-0.4, -0.2) is 136 Å². The molecule has 13 N–H and O–H groups in total. The van der Waals surface area contributed by atoms with Crippen molar-refractivity contribution in [3.05, 3.63) is 419 Å². The molecule has 0 bridgehead atoms. The van der Waals surface area contributed by atoms with Crippen molar-refractivity contribution in [2.45, 2.75) is 84.7 Å². The number of nitrogens with two attached hydrogens (primary N) is 2. The molecule has 33 nitrogen and oxygen atoms in total. The minimum Gasteiger partial charge on any atom is -0.477 e. The summed E-state index contributed by atoms with van der Waals surface area (Å²) in [7, 11) is -0.505. The van der Waals surface area contributed by atoms with Gasteiger partial charge in [0.1, 0.15) is 40.1 Å². The fraction of sp³-hybridized carbons (Fsp3) is 0.125. The zero-order valence-corrected chi connectivity index (χ0v) is 86.3. The van der Waals surface area contributed by atoms with Gasteiger partial charge in [0.05, 0.1) is 76.0 Å². The number of nitrogens with zero attached hydrogens (tertiary/aromatic N) is 13. The molecule has 19 rings (SSSR count). The number of carbonyl (C=O) groups is 5. The van der Waals surface area contributed by atoms with Crippen LogP contribution in [0.25, 0.3) is 61.3 Å². The van der Waals surface area contributed by atoms with E-state index in [-0.39, 0.29) is 31.0 Å². The minimum absolute atomic E-state index is 0.0372. The highest BCUT2D eigenvalue weighted by Crippen LogP contribution is 2.38. The van der Waals surface area contributed by atoms with Crippen LogP contribution in [0.1, 0.15) is 119 Å². The Labute approximate surface area is 885 Å². The lowest BCUT2D eigenvalue weighted by molar-refractivity contribution is 0.00578. The number of carboxylic acids is 1. The maximum atomic E-state index is 13.5. The van der Waals surface area contributed by atoms with Gasteiger partial charge in [0, 0.05) is 164 Å². The molecule has 0 spiro atoms. The molecule has 0 atom stereocenters. The van der Waals surface area contributed by atoms with Crippen molar-refractivity contribution in [3.63, 3.8) is 0 Å². The molecule has 1 fully saturated rings. The number of benzene rings is 4. The van der Waals surface area contributed by atoms with Crippen molar-refractivity contribution < 1.29 is 73.1 Å². The molecular weight excluding hydrogens is 2210 g/mol. The second-order valence-electron chi connectivity index (χ2n) is 33.0. The Balaban J connectivity index is 0.000000162. The Morgan fingerprint density at radius 1 is 0.430 bits per heavy atom. The van der Waals surface area contributed by atoms with Gasteiger partial charge in [0.2, 0.25) is 0 Å². The average Bonchev–Trinajstić information content (AvgIpc) is 1.62. The number of fused-ring (bicyclic) bond motifs is 2. The summed E-state index contributed by atoms with van der Waals surface area (Å²) in [5.41, 5.74) is 24.3. The van der Waals surface area contributed by atoms with Crippen LogP contribution >= 0.6 is 63.7 Å². The van der Waals surface area contributed by atoms with E-state index in [0.717, 1.165) is 144 Å². The number of hydrogen-bond acceptors (Lipinski definition) is 25. The molecule has 45 heteroatoms. The van der Waals surface area contributed by atoms with Gasteiger partial charge in [-0.25, -0.2) is 61.0 Å². The number of para-hydroxylation sites is 1. The Bertz CT molecular complexity index is 7760. The summed E-state index contributed by atoms with van der Waals surface area (Å²) in [5, 5.41) is 35.1. The first-order chi connectivity index (χ1) is 71.7. The molecule has 149 heavy (non-hydrogen) atoms. The number of rotatable bonds is 26. The van der Waals surface area contributed by atoms with E-state index in [1.54, 1.807) is 117 Å². The van der Waals surface area contributed by atoms with Gasteiger partial charge in [0.15, 0.2) is 34.9 Å². The summed E-state index contributed by atoms with van der Waals surface area (Å²) >= 11 is 12.4. The molecule has 4 aromatic carbocycles. The van der Waals surface area contributed by atoms with E-state index in [4.69, 9.17) is 34.3 Å². The number of pyridine rings is 11. The number of aromatic amines is 2. The Morgan fingerprint density at radius 3 is 1.32 bits per heavy atom. The monoisotopic (exact) mass is 2290 g/mol. The van der Waals surface area contributed by atoms with Crippen molar-refractivity contribution >= 4 is 157 Å². The number of nitrogens with one attached hydrogen (secondary N) is 8. The number of primary amides is 1. The van der Waals surface area contributed by atoms with Crippen LogP contribution in [-0.2, 0) is 66.7 Å². The number of halogens is 10. The summed E-state index contributed by atoms with van der Waals surface area (Å²) in [5.74, 6) is -7.30. The number of carboxylic acid groups (broad SMARTS) is 1. The minimum atomic E-state index is -1.01. The fourth-order valence-electron chi connectivity index (χ4n) is 14.2. The van der Waals surface area contributed by atoms with Crippen molar-refractivity contribution in [2.24, 2.45) is 11.5 Å². The Hall–Kier alpha value is -16.2. The van der Waals surface area contributed by atoms with Crippen LogP contribution in [0, 0.1) is 34.9 Å². The molecule has 0 saturated carbocycles. The molecule has 15 heterocycles. The van der Waals surface area contributed by atoms with Gasteiger partial charge in [-0.05, 0) is 253 Å². The number of aromatic carboxylic acids is 1. The number of amides is 4. The van der Waals surface area contributed by atoms with Gasteiger partial charge in [-0.2, -0.15) is 13.5 Å². The zero-order chi connectivity index (χ0) is 106. The van der Waals surface area contributed by atoms with E-state index in [9.17, 15) is 50.3 Å². The third-order valence-electron chi connectivity index (χ3n) is 22.3. The van der Waals surface area contributed by atoms with Gasteiger partial charge in [-0.15, -0.1) is 0 Å². The SMILES string of the molecule is CC1(C)OB(c2ccnc(CNc3ncccc3C(=O)NCc3ccc(F)c(F)c3)c2)OC1(C)C.NC(=O)c1cc(Br)ccn1.NCc1cc(Br)ccn1.O=C(NCc1ccc(F)c(F)c1)c1cccnc1NCc1cc(-c2c[nH]c3ncc(-c4ccn[nH]4)cc23)ccn1.O=C(NCc1ccc(F)c(F)c1)c1cccnc1NCc1cc(-c2cn(-c3ccccc3)c3ncc(Br)cc23)ccn1.O=C(O)c1cc(Br)ccn1.O=S=O. The normalized spacial score (nSPS) is 11.8. The van der Waals surface area contributed by atoms with Crippen LogP contribution < -0.4 is 48.8 Å². The third-order valence-corrected chi connectivity index (χ3v) is 24.2. The first kappa shape index (κ1) is 110. The molecule has 18 aromatic rings. The van der Waals surface area contributed by atoms with E-state index >= 15 is 0 Å². The van der Waals surface area contributed by atoms with Crippen LogP contribution in [0.15, 0.2) is 317 Å². The molecule has 758 valence electrons. The number of hydrogen-bond donors (Lipinski definition) is 11. The van der Waals surface area contributed by atoms with E-state index in [2.05, 4.69) is 189 Å². The number of H-pyrrole nitrogens is 2. The van der Waals surface area contributed by atoms with Crippen LogP contribution in [0.3, 0.4) is 0 Å². The third kappa shape index (κ3) is 30.7. The summed E-state index contributed by atoms with van der Waals surface area (Å²) < 4.78 is 114. The highest BCUT2D eigenvalue weighted by atomic mass is 79.9. The quantitative estimate of drug-likeness (QED) is 0.0177. The van der Waals surface area contributed by atoms with Crippen molar-refractivity contribution in [2.75, 3.05) is 16.0 Å². The van der Waals surface area contributed by atoms with Gasteiger partial charge >= 0.3 is 24.7 Å². The summed E-state index contributed by atoms with van der Waals surface area (Å²) in [6.07, 6.45) is 23.8. The van der Waals surface area contributed by atoms with Gasteiger partial charge < -0.3 is 67.3 Å². The lowest BCUT2D eigenvalue weighted by atomic mass is 9.79. The topological polar surface area (TPSA) is 474 Å². The molecule has 0 radical (unpaired) electrons. The van der Waals surface area contributed by atoms with Gasteiger partial charge in [0.25, 0.3) is 23.6 Å². The zero-order valence-electron chi connectivity index (χ0n) is 79.1. The number of anilines is 3. The van der Waals surface area contributed by atoms with Crippen LogP contribution in [0.4, 0.5) is 43.8 Å². The predicted molar refractivity (Wildman–Crippen MR) is 564 cm³/mol. The van der Waals surface area contributed by atoms with E-state index in [1.807, 2.05) is 119 Å². The molecule has 1 aliphatic heterocycles. The maximum absolute atomic E-state index is 13.5. The fourth-order valence-corrected chi connectivity index (χ4v) is 15.6. The smallest absolute Gasteiger partial charge is 0.477 e. The highest BCUT2D eigenvalue weighted by Gasteiger charge is 2.52. The lowest BCUT2D eigenvalue weighted by Gasteiger charge is -2.32. The molecule has 14 aromatic heterocycles. The summed E-state index contributed by atoms with van der Waals surface area (Å²) in [4.78, 5) is 109. The van der Waals surface area contributed by atoms with Gasteiger partial charge in [-0.3, -0.25) is 49.2 Å². The maximum Gasteiger partial charge on any atom is 0.494 e. The molecular formula is C104H88BBr4F6N23O10S. The summed E-state index contributed by atoms with van der Waals surface area (Å²) in [6, 6.07) is 58.2. The van der Waals surface area contributed by atoms with Crippen molar-refractivity contribution in [1.82, 2.24) is 90.5 Å². The molecule has 0 aliphatic carbocycles. The van der Waals surface area contributed by atoms with Crippen LogP contribution in [0.5, 0.6) is 0 Å². The first-order valence-electron chi connectivity index (χ1n) is 44.8. The standard InChI is InChI=1S/C32H23BrF2N6O.C29H22F2N8O.C25H27BF2N4O3.C6H5BrN2O.C6H7BrN2.C6H4BrNO2.O2S/c33-22-15-26-27(19-41(31(26)39-17-22)24-5-2-1-3-6-24)21-10-12-36-23(14-21)18-38-30-25(7-4-11-37-30)32(42)40-16-20-8-9-28(34)29(35)13-20;30-24-4-3-17(10-25(24)31)13-37-29(40)21-2-1-7-33-27(21)35-15-20-11-18(5-8-32-20)23-16-36-28-22(23)12-19(14-34-28)26-6-9-38-39-26;1-24(2)25(3,4)35-26(34-24)17-9-11-29-18(13-17)15-31-22-19(6-5-10-30-22)23(33)32-14-16-7-8-20(27)21(28)12-16;7-4-1-2-9-5(3-4)6(8)10;7-5-1-2-9-6(3-5)4-8;7-4-1-2-8-5(3-4)6(9)10;1-3-2/h1-15,17,19H,16,18H2,(H,37,38)(H,40,42);1-12,14,16H,13,15H2,(H,33,35)(H,34,36)(H,37,40)(H,38,39);5-13H,14-15H2,1-4H3,(H,30,31)(H,32,33);1-3H,(H2,8,10);1-3H,4,8H2;1-3H,(H,9,10);. The van der Waals surface area contributed by atoms with E-state index in [1.165, 1.54) is 36.7 Å². The molecule has 1 aliphatic rings. The molecule has 4 amide bonds. The Morgan fingerprint density at radius 2 is 0.879 bits per heavy atom. The second kappa shape index (κ2) is 52.8. The van der Waals surface area contributed by atoms with Gasteiger partial charge in [-0.1, -0.05) is 84.2 Å². The lowest BCUT2D eigenvalue weighted by Crippen LogP contribution is -2.41. The second-order valence-corrected chi connectivity index (χ2v) is 36.8. The van der Waals surface area contributed by atoms with E-state index in [0.29, 0.717) is 77.0 Å².